The molecule has 0 amide bonds. The van der Waals surface area contributed by atoms with E-state index in [1.165, 1.54) is 12.1 Å². The molecule has 0 aliphatic heterocycles. The zero-order chi connectivity index (χ0) is 10.7. The lowest BCUT2D eigenvalue weighted by atomic mass is 10.1. The van der Waals surface area contributed by atoms with Crippen LogP contribution < -0.4 is 5.73 Å². The molecule has 5 heteroatoms. The predicted octanol–water partition coefficient (Wildman–Crippen LogP) is 0.420. The topological polar surface area (TPSA) is 80.4 Å². The van der Waals surface area contributed by atoms with Crippen LogP contribution in [-0.4, -0.2) is 22.9 Å². The first-order valence-corrected chi connectivity index (χ1v) is 3.80. The summed E-state index contributed by atoms with van der Waals surface area (Å²) in [4.78, 5) is 21.6. The van der Waals surface area contributed by atoms with Crippen molar-refractivity contribution in [1.29, 1.82) is 0 Å². The third kappa shape index (κ3) is 2.14. The summed E-state index contributed by atoms with van der Waals surface area (Å²) in [5.41, 5.74) is 5.17. The van der Waals surface area contributed by atoms with Gasteiger partial charge in [0.25, 0.3) is 0 Å². The highest BCUT2D eigenvalue weighted by atomic mass is 19.1. The number of hydrogen-bond acceptors (Lipinski definition) is 3. The number of nitrogens with two attached hydrogens (primary N) is 1. The SMILES string of the molecule is NC(C(=O)O)C(=O)c1ccc(F)cc1. The fraction of sp³-hybridized carbons (Fsp3) is 0.111. The molecule has 0 aromatic heterocycles. The van der Waals surface area contributed by atoms with Crippen molar-refractivity contribution in [3.63, 3.8) is 0 Å². The van der Waals surface area contributed by atoms with Crippen LogP contribution in [-0.2, 0) is 4.79 Å². The lowest BCUT2D eigenvalue weighted by Crippen LogP contribution is -2.38. The lowest BCUT2D eigenvalue weighted by molar-refractivity contribution is -0.137. The van der Waals surface area contributed by atoms with Crippen LogP contribution in [0.5, 0.6) is 0 Å². The summed E-state index contributed by atoms with van der Waals surface area (Å²) in [7, 11) is 0. The molecule has 0 heterocycles. The quantitative estimate of drug-likeness (QED) is 0.543. The van der Waals surface area contributed by atoms with Gasteiger partial charge in [0.15, 0.2) is 11.8 Å². The molecule has 0 fully saturated rings. The van der Waals surface area contributed by atoms with Gasteiger partial charge in [0.05, 0.1) is 0 Å². The first-order chi connectivity index (χ1) is 6.52. The molecule has 0 aliphatic rings. The van der Waals surface area contributed by atoms with Crippen LogP contribution in [0.25, 0.3) is 0 Å². The van der Waals surface area contributed by atoms with E-state index in [9.17, 15) is 14.0 Å². The van der Waals surface area contributed by atoms with Gasteiger partial charge in [-0.3, -0.25) is 9.59 Å². The van der Waals surface area contributed by atoms with Gasteiger partial charge in [-0.15, -0.1) is 0 Å². The Balaban J connectivity index is 2.90. The van der Waals surface area contributed by atoms with Crippen molar-refractivity contribution in [3.8, 4) is 0 Å². The van der Waals surface area contributed by atoms with Gasteiger partial charge in [0.1, 0.15) is 5.82 Å². The summed E-state index contributed by atoms with van der Waals surface area (Å²) >= 11 is 0. The molecule has 0 saturated heterocycles. The molecular formula is C9H8FNO3. The summed E-state index contributed by atoms with van der Waals surface area (Å²) in [5.74, 6) is -2.64. The molecule has 1 atom stereocenters. The Hall–Kier alpha value is -1.75. The standard InChI is InChI=1S/C9H8FNO3/c10-6-3-1-5(2-4-6)8(12)7(11)9(13)14/h1-4,7H,11H2,(H,13,14). The minimum absolute atomic E-state index is 0.0845. The van der Waals surface area contributed by atoms with Crippen LogP contribution in [0.3, 0.4) is 0 Å². The van der Waals surface area contributed by atoms with E-state index in [0.29, 0.717) is 0 Å². The van der Waals surface area contributed by atoms with E-state index in [0.717, 1.165) is 12.1 Å². The zero-order valence-corrected chi connectivity index (χ0v) is 7.11. The van der Waals surface area contributed by atoms with E-state index >= 15 is 0 Å². The summed E-state index contributed by atoms with van der Waals surface area (Å²) < 4.78 is 12.5. The molecule has 74 valence electrons. The molecule has 1 aromatic rings. The Morgan fingerprint density at radius 1 is 1.29 bits per heavy atom. The largest absolute Gasteiger partial charge is 0.480 e. The van der Waals surface area contributed by atoms with Gasteiger partial charge in [-0.1, -0.05) is 0 Å². The number of ketones is 1. The number of carbonyl (C=O) groups excluding carboxylic acids is 1. The predicted molar refractivity (Wildman–Crippen MR) is 46.3 cm³/mol. The van der Waals surface area contributed by atoms with E-state index in [-0.39, 0.29) is 5.56 Å². The van der Waals surface area contributed by atoms with Gasteiger partial charge < -0.3 is 10.8 Å². The number of Topliss-reactive ketones (excluding diaryl/α,β-unsaturated/α-hetero) is 1. The second kappa shape index (κ2) is 3.97. The molecule has 4 nitrogen and oxygen atoms in total. The number of aliphatic carboxylic acids is 1. The highest BCUT2D eigenvalue weighted by molar-refractivity contribution is 6.11. The fourth-order valence-electron chi connectivity index (χ4n) is 0.906. The lowest BCUT2D eigenvalue weighted by Gasteiger charge is -2.04. The number of rotatable bonds is 3. The Labute approximate surface area is 79.1 Å². The first-order valence-electron chi connectivity index (χ1n) is 3.80. The van der Waals surface area contributed by atoms with E-state index in [4.69, 9.17) is 10.8 Å². The van der Waals surface area contributed by atoms with Crippen LogP contribution in [0.4, 0.5) is 4.39 Å². The maximum Gasteiger partial charge on any atom is 0.328 e. The number of carboxylic acids is 1. The second-order valence-electron chi connectivity index (χ2n) is 2.69. The van der Waals surface area contributed by atoms with Crippen LogP contribution >= 0.6 is 0 Å². The molecule has 1 aromatic carbocycles. The van der Waals surface area contributed by atoms with Gasteiger partial charge in [-0.2, -0.15) is 0 Å². The Morgan fingerprint density at radius 3 is 2.21 bits per heavy atom. The Kier molecular flexibility index (Phi) is 2.93. The number of carboxylic acid groups (broad SMARTS) is 1. The third-order valence-corrected chi connectivity index (χ3v) is 1.68. The van der Waals surface area contributed by atoms with Crippen molar-refractivity contribution < 1.29 is 19.1 Å². The van der Waals surface area contributed by atoms with Gasteiger partial charge in [-0.05, 0) is 24.3 Å². The van der Waals surface area contributed by atoms with Crippen molar-refractivity contribution in [2.75, 3.05) is 0 Å². The summed E-state index contributed by atoms with van der Waals surface area (Å²) in [5, 5.41) is 8.45. The van der Waals surface area contributed by atoms with Crippen molar-refractivity contribution >= 4 is 11.8 Å². The molecule has 0 saturated carbocycles. The Morgan fingerprint density at radius 2 is 1.79 bits per heavy atom. The van der Waals surface area contributed by atoms with Crippen molar-refractivity contribution in [1.82, 2.24) is 0 Å². The maximum absolute atomic E-state index is 12.5. The van der Waals surface area contributed by atoms with Crippen molar-refractivity contribution in [2.24, 2.45) is 5.73 Å². The monoisotopic (exact) mass is 197 g/mol. The second-order valence-corrected chi connectivity index (χ2v) is 2.69. The maximum atomic E-state index is 12.5. The molecule has 1 rings (SSSR count). The Bertz CT molecular complexity index is 361. The average Bonchev–Trinajstić information content (AvgIpc) is 2.16. The van der Waals surface area contributed by atoms with Crippen LogP contribution in [0, 0.1) is 5.82 Å². The molecule has 1 unspecified atom stereocenters. The van der Waals surface area contributed by atoms with E-state index in [1.54, 1.807) is 0 Å². The fourth-order valence-corrected chi connectivity index (χ4v) is 0.906. The van der Waals surface area contributed by atoms with Crippen LogP contribution in [0.2, 0.25) is 0 Å². The zero-order valence-electron chi connectivity index (χ0n) is 7.11. The number of hydrogen-bond donors (Lipinski definition) is 2. The first kappa shape index (κ1) is 10.3. The summed E-state index contributed by atoms with van der Waals surface area (Å²) in [6.45, 7) is 0. The van der Waals surface area contributed by atoms with E-state index < -0.39 is 23.6 Å². The van der Waals surface area contributed by atoms with Gasteiger partial charge in [0, 0.05) is 5.56 Å². The van der Waals surface area contributed by atoms with Crippen molar-refractivity contribution in [2.45, 2.75) is 6.04 Å². The smallest absolute Gasteiger partial charge is 0.328 e. The molecule has 0 spiro atoms. The average molecular weight is 197 g/mol. The third-order valence-electron chi connectivity index (χ3n) is 1.68. The minimum Gasteiger partial charge on any atom is -0.480 e. The number of halogens is 1. The van der Waals surface area contributed by atoms with Gasteiger partial charge in [0.2, 0.25) is 0 Å². The normalized spacial score (nSPS) is 12.1. The minimum atomic E-state index is -1.60. The highest BCUT2D eigenvalue weighted by Crippen LogP contribution is 2.05. The molecule has 0 bridgehead atoms. The molecule has 0 radical (unpaired) electrons. The highest BCUT2D eigenvalue weighted by Gasteiger charge is 2.22. The number of carbonyl (C=O) groups is 2. The van der Waals surface area contributed by atoms with Crippen LogP contribution in [0.15, 0.2) is 24.3 Å². The molecular weight excluding hydrogens is 189 g/mol. The van der Waals surface area contributed by atoms with Crippen LogP contribution in [0.1, 0.15) is 10.4 Å². The summed E-state index contributed by atoms with van der Waals surface area (Å²) in [6, 6.07) is 2.94. The van der Waals surface area contributed by atoms with Crippen molar-refractivity contribution in [3.05, 3.63) is 35.6 Å². The van der Waals surface area contributed by atoms with Gasteiger partial charge >= 0.3 is 5.97 Å². The van der Waals surface area contributed by atoms with E-state index in [2.05, 4.69) is 0 Å². The summed E-state index contributed by atoms with van der Waals surface area (Å²) in [6.07, 6.45) is 0. The van der Waals surface area contributed by atoms with Gasteiger partial charge in [-0.25, -0.2) is 4.39 Å². The number of benzene rings is 1. The van der Waals surface area contributed by atoms with E-state index in [1.807, 2.05) is 0 Å². The molecule has 0 aliphatic carbocycles. The molecule has 3 N–H and O–H groups in total. The molecule has 14 heavy (non-hydrogen) atoms.